The molecule has 24 heavy (non-hydrogen) atoms. The van der Waals surface area contributed by atoms with Gasteiger partial charge in [-0.15, -0.1) is 12.4 Å². The number of ether oxygens (including phenoxy) is 1. The van der Waals surface area contributed by atoms with E-state index >= 15 is 0 Å². The molecule has 0 aliphatic carbocycles. The molecule has 2 rings (SSSR count). The lowest BCUT2D eigenvalue weighted by molar-refractivity contribution is -0.124. The molecule has 1 saturated heterocycles. The number of rotatable bonds is 6. The molecule has 2 N–H and O–H groups in total. The summed E-state index contributed by atoms with van der Waals surface area (Å²) in [6, 6.07) is 9.31. The van der Waals surface area contributed by atoms with E-state index in [1.165, 1.54) is 0 Å². The predicted octanol–water partition coefficient (Wildman–Crippen LogP) is 1.16. The second-order valence-corrected chi connectivity index (χ2v) is 8.29. The number of carbonyl (C=O) groups excluding carboxylic acids is 1. The number of hydrogen-bond donors (Lipinski definition) is 2. The average molecular weight is 377 g/mol. The maximum atomic E-state index is 12.6. The number of carbonyl (C=O) groups is 1. The molecule has 6 nitrogen and oxygen atoms in total. The van der Waals surface area contributed by atoms with Crippen LogP contribution in [0.5, 0.6) is 5.75 Å². The highest BCUT2D eigenvalue weighted by atomic mass is 35.5. The maximum absolute atomic E-state index is 12.6. The number of benzene rings is 1. The Kier molecular flexibility index (Phi) is 7.51. The van der Waals surface area contributed by atoms with Crippen LogP contribution in [0.1, 0.15) is 19.8 Å². The van der Waals surface area contributed by atoms with Crippen LogP contribution in [-0.4, -0.2) is 51.1 Å². The number of para-hydroxylation sites is 1. The Bertz CT molecular complexity index is 631. The van der Waals surface area contributed by atoms with Gasteiger partial charge in [-0.3, -0.25) is 4.79 Å². The molecule has 8 heteroatoms. The quantitative estimate of drug-likeness (QED) is 0.778. The highest BCUT2D eigenvalue weighted by Crippen LogP contribution is 2.28. The standard InChI is InChI=1S/C16H24N2O4S.ClH/c1-13(22-14-6-4-3-5-7-14)12-18-15(19)16(23(2,20)21)8-10-17-11-9-16;/h3-7,13,17H,8-12H2,1-2H3,(H,18,19);1H. The van der Waals surface area contributed by atoms with E-state index in [1.807, 2.05) is 37.3 Å². The van der Waals surface area contributed by atoms with E-state index in [1.54, 1.807) is 0 Å². The molecule has 0 aromatic heterocycles. The van der Waals surface area contributed by atoms with Crippen LogP contribution < -0.4 is 15.4 Å². The minimum Gasteiger partial charge on any atom is -0.489 e. The van der Waals surface area contributed by atoms with Crippen molar-refractivity contribution >= 4 is 28.2 Å². The Morgan fingerprint density at radius 2 is 1.88 bits per heavy atom. The van der Waals surface area contributed by atoms with Gasteiger partial charge in [0, 0.05) is 6.26 Å². The summed E-state index contributed by atoms with van der Waals surface area (Å²) in [4.78, 5) is 12.6. The molecular formula is C16H25ClN2O4S. The van der Waals surface area contributed by atoms with Crippen molar-refractivity contribution in [3.8, 4) is 5.75 Å². The Labute approximate surface area is 149 Å². The summed E-state index contributed by atoms with van der Waals surface area (Å²) < 4.78 is 28.7. The molecule has 0 saturated carbocycles. The number of nitrogens with one attached hydrogen (secondary N) is 2. The van der Waals surface area contributed by atoms with E-state index in [4.69, 9.17) is 4.74 Å². The minimum atomic E-state index is -3.49. The van der Waals surface area contributed by atoms with Crippen LogP contribution >= 0.6 is 12.4 Å². The van der Waals surface area contributed by atoms with Gasteiger partial charge in [-0.25, -0.2) is 8.42 Å². The molecule has 0 spiro atoms. The van der Waals surface area contributed by atoms with Crippen LogP contribution in [-0.2, 0) is 14.6 Å². The van der Waals surface area contributed by atoms with Crippen LogP contribution in [0.15, 0.2) is 30.3 Å². The van der Waals surface area contributed by atoms with Gasteiger partial charge < -0.3 is 15.4 Å². The number of halogens is 1. The van der Waals surface area contributed by atoms with Crippen molar-refractivity contribution in [2.24, 2.45) is 0 Å². The molecule has 0 bridgehead atoms. The molecular weight excluding hydrogens is 352 g/mol. The fraction of sp³-hybridized carbons (Fsp3) is 0.562. The molecule has 1 aromatic carbocycles. The zero-order valence-corrected chi connectivity index (χ0v) is 15.6. The van der Waals surface area contributed by atoms with Gasteiger partial charge in [0.25, 0.3) is 0 Å². The van der Waals surface area contributed by atoms with Crippen molar-refractivity contribution in [2.45, 2.75) is 30.6 Å². The Hall–Kier alpha value is -1.31. The number of amides is 1. The summed E-state index contributed by atoms with van der Waals surface area (Å²) in [5.74, 6) is 0.291. The van der Waals surface area contributed by atoms with Crippen LogP contribution in [0.2, 0.25) is 0 Å². The SMILES string of the molecule is CC(CNC(=O)C1(S(C)(=O)=O)CCNCC1)Oc1ccccc1.Cl. The van der Waals surface area contributed by atoms with Crippen LogP contribution in [0.4, 0.5) is 0 Å². The highest BCUT2D eigenvalue weighted by Gasteiger charge is 2.48. The van der Waals surface area contributed by atoms with Crippen molar-refractivity contribution in [3.05, 3.63) is 30.3 Å². The number of piperidine rings is 1. The zero-order chi connectivity index (χ0) is 16.9. The van der Waals surface area contributed by atoms with E-state index in [-0.39, 0.29) is 25.1 Å². The molecule has 1 aliphatic rings. The van der Waals surface area contributed by atoms with E-state index < -0.39 is 20.5 Å². The minimum absolute atomic E-state index is 0. The van der Waals surface area contributed by atoms with Crippen molar-refractivity contribution in [1.29, 1.82) is 0 Å². The van der Waals surface area contributed by atoms with Gasteiger partial charge in [0.15, 0.2) is 14.6 Å². The smallest absolute Gasteiger partial charge is 0.241 e. The summed E-state index contributed by atoms with van der Waals surface area (Å²) in [6.45, 7) is 3.15. The lowest BCUT2D eigenvalue weighted by Crippen LogP contribution is -2.58. The lowest BCUT2D eigenvalue weighted by Gasteiger charge is -2.34. The topological polar surface area (TPSA) is 84.5 Å². The van der Waals surface area contributed by atoms with Crippen molar-refractivity contribution in [1.82, 2.24) is 10.6 Å². The molecule has 1 amide bonds. The predicted molar refractivity (Wildman–Crippen MR) is 96.5 cm³/mol. The largest absolute Gasteiger partial charge is 0.489 e. The monoisotopic (exact) mass is 376 g/mol. The highest BCUT2D eigenvalue weighted by molar-refractivity contribution is 7.92. The third-order valence-electron chi connectivity index (χ3n) is 4.17. The van der Waals surface area contributed by atoms with Gasteiger partial charge in [-0.05, 0) is 45.0 Å². The van der Waals surface area contributed by atoms with Gasteiger partial charge in [0.1, 0.15) is 11.9 Å². The third kappa shape index (κ3) is 4.84. The first-order valence-electron chi connectivity index (χ1n) is 7.75. The van der Waals surface area contributed by atoms with Gasteiger partial charge in [-0.1, -0.05) is 18.2 Å². The first kappa shape index (κ1) is 20.7. The van der Waals surface area contributed by atoms with Gasteiger partial charge in [-0.2, -0.15) is 0 Å². The summed E-state index contributed by atoms with van der Waals surface area (Å²) >= 11 is 0. The van der Waals surface area contributed by atoms with Gasteiger partial charge >= 0.3 is 0 Å². The van der Waals surface area contributed by atoms with Crippen LogP contribution in [0, 0.1) is 0 Å². The summed E-state index contributed by atoms with van der Waals surface area (Å²) in [5.41, 5.74) is 0. The second kappa shape index (κ2) is 8.69. The second-order valence-electron chi connectivity index (χ2n) is 5.97. The summed E-state index contributed by atoms with van der Waals surface area (Å²) in [5, 5.41) is 5.84. The molecule has 1 unspecified atom stereocenters. The number of hydrogen-bond acceptors (Lipinski definition) is 5. The molecule has 0 radical (unpaired) electrons. The van der Waals surface area contributed by atoms with Crippen molar-refractivity contribution in [2.75, 3.05) is 25.9 Å². The van der Waals surface area contributed by atoms with E-state index in [0.29, 0.717) is 31.7 Å². The Balaban J connectivity index is 0.00000288. The van der Waals surface area contributed by atoms with E-state index in [9.17, 15) is 13.2 Å². The first-order valence-corrected chi connectivity index (χ1v) is 9.65. The van der Waals surface area contributed by atoms with Crippen molar-refractivity contribution < 1.29 is 17.9 Å². The Morgan fingerprint density at radius 1 is 1.29 bits per heavy atom. The summed E-state index contributed by atoms with van der Waals surface area (Å²) in [7, 11) is -3.49. The molecule has 136 valence electrons. The summed E-state index contributed by atoms with van der Waals surface area (Å²) in [6.07, 6.45) is 1.48. The molecule has 1 aliphatic heterocycles. The fourth-order valence-electron chi connectivity index (χ4n) is 2.77. The third-order valence-corrected chi connectivity index (χ3v) is 6.18. The first-order chi connectivity index (χ1) is 10.8. The van der Waals surface area contributed by atoms with Gasteiger partial charge in [0.2, 0.25) is 5.91 Å². The maximum Gasteiger partial charge on any atom is 0.241 e. The van der Waals surface area contributed by atoms with Gasteiger partial charge in [0.05, 0.1) is 6.54 Å². The average Bonchev–Trinajstić information content (AvgIpc) is 2.53. The Morgan fingerprint density at radius 3 is 2.42 bits per heavy atom. The zero-order valence-electron chi connectivity index (χ0n) is 13.9. The molecule has 1 atom stereocenters. The molecule has 1 aromatic rings. The number of sulfone groups is 1. The molecule has 1 heterocycles. The van der Waals surface area contributed by atoms with E-state index in [2.05, 4.69) is 10.6 Å². The van der Waals surface area contributed by atoms with Crippen LogP contribution in [0.3, 0.4) is 0 Å². The fourth-order valence-corrected chi connectivity index (χ4v) is 4.12. The normalized spacial score (nSPS) is 18.1. The van der Waals surface area contributed by atoms with Crippen LogP contribution in [0.25, 0.3) is 0 Å². The van der Waals surface area contributed by atoms with Crippen molar-refractivity contribution in [3.63, 3.8) is 0 Å². The lowest BCUT2D eigenvalue weighted by atomic mass is 9.96. The van der Waals surface area contributed by atoms with E-state index in [0.717, 1.165) is 6.26 Å². The molecule has 1 fully saturated rings.